The van der Waals surface area contributed by atoms with E-state index in [2.05, 4.69) is 34.3 Å². The van der Waals surface area contributed by atoms with Gasteiger partial charge in [-0.2, -0.15) is 0 Å². The van der Waals surface area contributed by atoms with Crippen LogP contribution in [0.2, 0.25) is 0 Å². The molecule has 1 saturated carbocycles. The predicted octanol–water partition coefficient (Wildman–Crippen LogP) is 4.21. The van der Waals surface area contributed by atoms with Crippen LogP contribution in [0.15, 0.2) is 15.9 Å². The summed E-state index contributed by atoms with van der Waals surface area (Å²) in [4.78, 5) is 1.48. The number of nitrogens with two attached hydrogens (primary N) is 1. The second-order valence-corrected chi connectivity index (χ2v) is 7.21. The van der Waals surface area contributed by atoms with Gasteiger partial charge in [-0.1, -0.05) is 19.8 Å². The van der Waals surface area contributed by atoms with Crippen molar-refractivity contribution in [2.24, 2.45) is 17.1 Å². The Hall–Kier alpha value is 0.140. The van der Waals surface area contributed by atoms with E-state index in [0.717, 1.165) is 12.5 Å². The number of hydrogen-bond donors (Lipinski definition) is 1. The molecule has 1 aromatic heterocycles. The molecule has 90 valence electrons. The summed E-state index contributed by atoms with van der Waals surface area (Å²) in [6.07, 6.45) is 6.49. The molecular formula is C13H20BrNS. The molecule has 0 aromatic carbocycles. The first-order valence-electron chi connectivity index (χ1n) is 6.06. The number of hydrogen-bond acceptors (Lipinski definition) is 2. The Morgan fingerprint density at radius 2 is 2.19 bits per heavy atom. The summed E-state index contributed by atoms with van der Waals surface area (Å²) in [7, 11) is 0. The highest BCUT2D eigenvalue weighted by Crippen LogP contribution is 2.41. The molecule has 0 aliphatic heterocycles. The highest BCUT2D eigenvalue weighted by atomic mass is 79.9. The molecule has 2 rings (SSSR count). The fraction of sp³-hybridized carbons (Fsp3) is 0.692. The molecule has 0 saturated heterocycles. The zero-order valence-corrected chi connectivity index (χ0v) is 12.2. The minimum atomic E-state index is 0.386. The summed E-state index contributed by atoms with van der Waals surface area (Å²) >= 11 is 5.38. The topological polar surface area (TPSA) is 26.0 Å². The first-order valence-corrected chi connectivity index (χ1v) is 7.74. The van der Waals surface area contributed by atoms with E-state index in [9.17, 15) is 0 Å². The van der Waals surface area contributed by atoms with Gasteiger partial charge >= 0.3 is 0 Å². The van der Waals surface area contributed by atoms with Gasteiger partial charge in [-0.15, -0.1) is 11.3 Å². The lowest BCUT2D eigenvalue weighted by atomic mass is 9.69. The van der Waals surface area contributed by atoms with E-state index >= 15 is 0 Å². The molecule has 0 atom stereocenters. The molecule has 1 aliphatic rings. The minimum Gasteiger partial charge on any atom is -0.330 e. The van der Waals surface area contributed by atoms with E-state index < -0.39 is 0 Å². The van der Waals surface area contributed by atoms with E-state index in [1.807, 2.05) is 11.3 Å². The summed E-state index contributed by atoms with van der Waals surface area (Å²) in [6.45, 7) is 3.21. The van der Waals surface area contributed by atoms with Gasteiger partial charge in [-0.3, -0.25) is 0 Å². The van der Waals surface area contributed by atoms with Gasteiger partial charge in [0.05, 0.1) is 0 Å². The van der Waals surface area contributed by atoms with Gasteiger partial charge in [0.2, 0.25) is 0 Å². The fourth-order valence-corrected chi connectivity index (χ4v) is 4.27. The smallest absolute Gasteiger partial charge is 0.0285 e. The Balaban J connectivity index is 2.04. The van der Waals surface area contributed by atoms with Crippen LogP contribution in [0.3, 0.4) is 0 Å². The summed E-state index contributed by atoms with van der Waals surface area (Å²) in [5, 5.41) is 2.17. The Morgan fingerprint density at radius 1 is 1.50 bits per heavy atom. The maximum Gasteiger partial charge on any atom is 0.0285 e. The average Bonchev–Trinajstić information content (AvgIpc) is 2.68. The van der Waals surface area contributed by atoms with Gasteiger partial charge in [0, 0.05) is 14.7 Å². The van der Waals surface area contributed by atoms with Crippen LogP contribution in [0.4, 0.5) is 0 Å². The molecule has 1 aliphatic carbocycles. The average molecular weight is 302 g/mol. The maximum atomic E-state index is 6.03. The zero-order chi connectivity index (χ0) is 11.6. The molecule has 0 amide bonds. The molecular weight excluding hydrogens is 282 g/mol. The van der Waals surface area contributed by atoms with Crippen molar-refractivity contribution >= 4 is 27.3 Å². The monoisotopic (exact) mass is 301 g/mol. The highest BCUT2D eigenvalue weighted by molar-refractivity contribution is 9.10. The van der Waals surface area contributed by atoms with Crippen molar-refractivity contribution in [3.63, 3.8) is 0 Å². The second kappa shape index (κ2) is 5.19. The lowest BCUT2D eigenvalue weighted by Gasteiger charge is -2.38. The molecule has 3 heteroatoms. The number of rotatable bonds is 3. The van der Waals surface area contributed by atoms with Crippen molar-refractivity contribution in [2.75, 3.05) is 6.54 Å². The highest BCUT2D eigenvalue weighted by Gasteiger charge is 2.33. The SMILES string of the molecule is CC1CCC(CN)(Cc2cc(Br)cs2)CC1. The van der Waals surface area contributed by atoms with E-state index in [1.54, 1.807) is 0 Å². The van der Waals surface area contributed by atoms with Gasteiger partial charge in [0.15, 0.2) is 0 Å². The van der Waals surface area contributed by atoms with Gasteiger partial charge in [-0.05, 0) is 59.1 Å². The van der Waals surface area contributed by atoms with Gasteiger partial charge < -0.3 is 5.73 Å². The Morgan fingerprint density at radius 3 is 2.69 bits per heavy atom. The van der Waals surface area contributed by atoms with E-state index in [0.29, 0.717) is 5.41 Å². The van der Waals surface area contributed by atoms with Crippen LogP contribution >= 0.6 is 27.3 Å². The van der Waals surface area contributed by atoms with Crippen LogP contribution in [0.1, 0.15) is 37.5 Å². The minimum absolute atomic E-state index is 0.386. The number of thiophene rings is 1. The summed E-state index contributed by atoms with van der Waals surface area (Å²) in [6, 6.07) is 2.25. The van der Waals surface area contributed by atoms with Crippen LogP contribution < -0.4 is 5.73 Å². The van der Waals surface area contributed by atoms with Crippen molar-refractivity contribution in [2.45, 2.75) is 39.0 Å². The lowest BCUT2D eigenvalue weighted by molar-refractivity contribution is 0.164. The van der Waals surface area contributed by atoms with E-state index in [-0.39, 0.29) is 0 Å². The van der Waals surface area contributed by atoms with Gasteiger partial charge in [0.1, 0.15) is 0 Å². The van der Waals surface area contributed by atoms with Crippen LogP contribution in [-0.4, -0.2) is 6.54 Å². The summed E-state index contributed by atoms with van der Waals surface area (Å²) in [5.41, 5.74) is 6.42. The Kier molecular flexibility index (Phi) is 4.09. The molecule has 0 unspecified atom stereocenters. The molecule has 0 spiro atoms. The predicted molar refractivity (Wildman–Crippen MR) is 74.8 cm³/mol. The molecule has 2 N–H and O–H groups in total. The second-order valence-electron chi connectivity index (χ2n) is 5.29. The quantitative estimate of drug-likeness (QED) is 0.889. The van der Waals surface area contributed by atoms with Crippen LogP contribution in [-0.2, 0) is 6.42 Å². The van der Waals surface area contributed by atoms with Crippen molar-refractivity contribution in [1.82, 2.24) is 0 Å². The fourth-order valence-electron chi connectivity index (χ4n) is 2.64. The Bertz CT molecular complexity index is 339. The van der Waals surface area contributed by atoms with Crippen molar-refractivity contribution in [1.29, 1.82) is 0 Å². The van der Waals surface area contributed by atoms with E-state index in [1.165, 1.54) is 41.5 Å². The molecule has 16 heavy (non-hydrogen) atoms. The maximum absolute atomic E-state index is 6.03. The van der Waals surface area contributed by atoms with Crippen molar-refractivity contribution in [3.8, 4) is 0 Å². The third-order valence-corrected chi connectivity index (χ3v) is 5.64. The van der Waals surface area contributed by atoms with Gasteiger partial charge in [0.25, 0.3) is 0 Å². The third-order valence-electron chi connectivity index (χ3n) is 3.94. The van der Waals surface area contributed by atoms with Crippen LogP contribution in [0.25, 0.3) is 0 Å². The van der Waals surface area contributed by atoms with Gasteiger partial charge in [-0.25, -0.2) is 0 Å². The zero-order valence-electron chi connectivity index (χ0n) is 9.84. The van der Waals surface area contributed by atoms with Crippen molar-refractivity contribution < 1.29 is 0 Å². The third kappa shape index (κ3) is 2.88. The first-order chi connectivity index (χ1) is 7.63. The summed E-state index contributed by atoms with van der Waals surface area (Å²) < 4.78 is 1.21. The molecule has 1 nitrogen and oxygen atoms in total. The molecule has 1 heterocycles. The van der Waals surface area contributed by atoms with Crippen molar-refractivity contribution in [3.05, 3.63) is 20.8 Å². The summed E-state index contributed by atoms with van der Waals surface area (Å²) in [5.74, 6) is 0.898. The standard InChI is InChI=1S/C13H20BrNS/c1-10-2-4-13(9-15,5-3-10)7-12-6-11(14)8-16-12/h6,8,10H,2-5,7,9,15H2,1H3. The van der Waals surface area contributed by atoms with Crippen LogP contribution in [0.5, 0.6) is 0 Å². The first kappa shape index (κ1) is 12.6. The molecule has 1 aromatic rings. The molecule has 0 bridgehead atoms. The normalized spacial score (nSPS) is 30.6. The lowest BCUT2D eigenvalue weighted by Crippen LogP contribution is -2.36. The van der Waals surface area contributed by atoms with E-state index in [4.69, 9.17) is 5.73 Å². The molecule has 1 fully saturated rings. The largest absolute Gasteiger partial charge is 0.330 e. The Labute approximate surface area is 111 Å². The number of halogens is 1. The van der Waals surface area contributed by atoms with Crippen LogP contribution in [0, 0.1) is 11.3 Å². The molecule has 0 radical (unpaired) electrons.